The largest absolute Gasteiger partial charge is 0.385 e. The van der Waals surface area contributed by atoms with Crippen molar-refractivity contribution in [3.63, 3.8) is 0 Å². The van der Waals surface area contributed by atoms with Crippen molar-refractivity contribution in [3.8, 4) is 0 Å². The third-order valence-electron chi connectivity index (χ3n) is 5.56. The molecule has 1 heteroatoms. The van der Waals surface area contributed by atoms with Crippen molar-refractivity contribution < 1.29 is 0 Å². The molecule has 0 amide bonds. The van der Waals surface area contributed by atoms with Gasteiger partial charge >= 0.3 is 0 Å². The van der Waals surface area contributed by atoms with Crippen molar-refractivity contribution in [1.29, 1.82) is 0 Å². The highest BCUT2D eigenvalue weighted by molar-refractivity contribution is 5.56. The molecule has 3 atom stereocenters. The van der Waals surface area contributed by atoms with Crippen LogP contribution in [0.25, 0.3) is 0 Å². The van der Waals surface area contributed by atoms with Gasteiger partial charge in [-0.25, -0.2) is 0 Å². The summed E-state index contributed by atoms with van der Waals surface area (Å²) in [5, 5.41) is 3.56. The van der Waals surface area contributed by atoms with Gasteiger partial charge in [0.25, 0.3) is 0 Å². The molecular formula is C17H23N. The van der Waals surface area contributed by atoms with E-state index in [0.29, 0.717) is 0 Å². The number of fused-ring (bicyclic) bond motifs is 3. The average Bonchev–Trinajstić information content (AvgIpc) is 3.01. The average molecular weight is 241 g/mol. The lowest BCUT2D eigenvalue weighted by atomic mass is 9.82. The van der Waals surface area contributed by atoms with Crippen LogP contribution in [-0.4, -0.2) is 6.54 Å². The lowest BCUT2D eigenvalue weighted by Crippen LogP contribution is -2.17. The Balaban J connectivity index is 1.58. The van der Waals surface area contributed by atoms with E-state index in [1.165, 1.54) is 50.6 Å². The number of hydrogen-bond donors (Lipinski definition) is 1. The molecule has 0 spiro atoms. The van der Waals surface area contributed by atoms with E-state index in [1.54, 1.807) is 11.1 Å². The molecule has 2 saturated carbocycles. The van der Waals surface area contributed by atoms with Gasteiger partial charge in [-0.2, -0.15) is 0 Å². The van der Waals surface area contributed by atoms with Crippen molar-refractivity contribution in [2.45, 2.75) is 44.9 Å². The van der Waals surface area contributed by atoms with E-state index in [0.717, 1.165) is 24.3 Å². The Kier molecular flexibility index (Phi) is 2.60. The Bertz CT molecular complexity index is 451. The smallest absolute Gasteiger partial charge is 0.0375 e. The fourth-order valence-corrected chi connectivity index (χ4v) is 4.68. The highest BCUT2D eigenvalue weighted by atomic mass is 14.9. The van der Waals surface area contributed by atoms with Gasteiger partial charge in [-0.3, -0.25) is 0 Å². The molecule has 1 nitrogen and oxygen atoms in total. The van der Waals surface area contributed by atoms with Gasteiger partial charge < -0.3 is 5.32 Å². The number of hydrogen-bond acceptors (Lipinski definition) is 1. The quantitative estimate of drug-likeness (QED) is 0.824. The Labute approximate surface area is 110 Å². The summed E-state index contributed by atoms with van der Waals surface area (Å²) >= 11 is 0. The second-order valence-electron chi connectivity index (χ2n) is 6.61. The molecule has 4 rings (SSSR count). The lowest BCUT2D eigenvalue weighted by molar-refractivity contribution is 0.331. The molecule has 96 valence electrons. The Hall–Kier alpha value is -0.980. The van der Waals surface area contributed by atoms with Crippen LogP contribution < -0.4 is 5.32 Å². The van der Waals surface area contributed by atoms with Crippen LogP contribution >= 0.6 is 0 Å². The Morgan fingerprint density at radius 1 is 1.17 bits per heavy atom. The van der Waals surface area contributed by atoms with E-state index in [1.807, 2.05) is 0 Å². The molecular weight excluding hydrogens is 218 g/mol. The molecule has 2 fully saturated rings. The van der Waals surface area contributed by atoms with E-state index >= 15 is 0 Å². The molecule has 1 aromatic rings. The van der Waals surface area contributed by atoms with Gasteiger partial charge in [-0.1, -0.05) is 18.6 Å². The fraction of sp³-hybridized carbons (Fsp3) is 0.647. The van der Waals surface area contributed by atoms with E-state index in [-0.39, 0.29) is 0 Å². The summed E-state index contributed by atoms with van der Waals surface area (Å²) in [5.41, 5.74) is 4.70. The van der Waals surface area contributed by atoms with Gasteiger partial charge in [0, 0.05) is 12.2 Å². The molecule has 1 N–H and O–H groups in total. The fourth-order valence-electron chi connectivity index (χ4n) is 4.68. The van der Waals surface area contributed by atoms with Crippen molar-refractivity contribution in [2.75, 3.05) is 11.9 Å². The predicted molar refractivity (Wildman–Crippen MR) is 75.9 cm³/mol. The summed E-state index contributed by atoms with van der Waals surface area (Å²) in [6, 6.07) is 6.90. The van der Waals surface area contributed by atoms with Gasteiger partial charge in [-0.05, 0) is 73.5 Å². The maximum absolute atomic E-state index is 3.56. The molecule has 2 bridgehead atoms. The number of nitrogens with one attached hydrogen (secondary N) is 1. The first-order chi connectivity index (χ1) is 8.90. The molecule has 0 aromatic heterocycles. The molecule has 1 aromatic carbocycles. The highest BCUT2D eigenvalue weighted by Gasteiger charge is 2.39. The molecule has 2 aliphatic carbocycles. The second-order valence-corrected chi connectivity index (χ2v) is 6.61. The second kappa shape index (κ2) is 4.29. The van der Waals surface area contributed by atoms with Crippen molar-refractivity contribution in [3.05, 3.63) is 29.3 Å². The van der Waals surface area contributed by atoms with Gasteiger partial charge in [0.05, 0.1) is 0 Å². The van der Waals surface area contributed by atoms with Crippen LogP contribution in [0.4, 0.5) is 5.69 Å². The predicted octanol–water partition coefficient (Wildman–Crippen LogP) is 4.02. The van der Waals surface area contributed by atoms with E-state index in [9.17, 15) is 0 Å². The number of rotatable bonds is 2. The van der Waals surface area contributed by atoms with E-state index in [2.05, 4.69) is 23.5 Å². The molecule has 18 heavy (non-hydrogen) atoms. The summed E-state index contributed by atoms with van der Waals surface area (Å²) in [5.74, 6) is 3.14. The lowest BCUT2D eigenvalue weighted by Gasteiger charge is -2.26. The zero-order valence-corrected chi connectivity index (χ0v) is 11.1. The first-order valence-corrected chi connectivity index (χ1v) is 7.75. The van der Waals surface area contributed by atoms with Crippen molar-refractivity contribution in [1.82, 2.24) is 0 Å². The summed E-state index contributed by atoms with van der Waals surface area (Å²) in [6.07, 6.45) is 10.0. The third kappa shape index (κ3) is 1.75. The van der Waals surface area contributed by atoms with Crippen LogP contribution in [0.1, 0.15) is 43.2 Å². The molecule has 0 saturated heterocycles. The van der Waals surface area contributed by atoms with Crippen molar-refractivity contribution in [2.24, 2.45) is 17.8 Å². The van der Waals surface area contributed by atoms with Crippen LogP contribution in [0.5, 0.6) is 0 Å². The summed E-state index contributed by atoms with van der Waals surface area (Å²) in [7, 11) is 0. The monoisotopic (exact) mass is 241 g/mol. The Morgan fingerprint density at radius 2 is 2.17 bits per heavy atom. The first-order valence-electron chi connectivity index (χ1n) is 7.75. The zero-order chi connectivity index (χ0) is 11.9. The van der Waals surface area contributed by atoms with Gasteiger partial charge in [0.1, 0.15) is 0 Å². The van der Waals surface area contributed by atoms with Gasteiger partial charge in [-0.15, -0.1) is 0 Å². The van der Waals surface area contributed by atoms with Crippen LogP contribution in [0, 0.1) is 17.8 Å². The van der Waals surface area contributed by atoms with Crippen molar-refractivity contribution >= 4 is 5.69 Å². The topological polar surface area (TPSA) is 12.0 Å². The highest BCUT2D eigenvalue weighted by Crippen LogP contribution is 2.49. The van der Waals surface area contributed by atoms with Gasteiger partial charge in [0.15, 0.2) is 0 Å². The summed E-state index contributed by atoms with van der Waals surface area (Å²) in [4.78, 5) is 0. The minimum Gasteiger partial charge on any atom is -0.385 e. The maximum atomic E-state index is 3.56. The molecule has 0 radical (unpaired) electrons. The molecule has 3 unspecified atom stereocenters. The minimum atomic E-state index is 0.997. The molecule has 3 aliphatic rings. The molecule has 1 aliphatic heterocycles. The van der Waals surface area contributed by atoms with E-state index < -0.39 is 0 Å². The SMILES string of the molecule is c1cc(CC2CC3CCC2C3)c2c(c1)NCCC2. The minimum absolute atomic E-state index is 0.997. The number of benzene rings is 1. The molecule has 1 heterocycles. The standard InChI is InChI=1S/C17H23N/c1-3-14(16-4-2-8-18-17(16)5-1)11-15-10-12-6-7-13(15)9-12/h1,3,5,12-13,15,18H,2,4,6-11H2. The number of anilines is 1. The first kappa shape index (κ1) is 10.9. The maximum Gasteiger partial charge on any atom is 0.0375 e. The third-order valence-corrected chi connectivity index (χ3v) is 5.56. The Morgan fingerprint density at radius 3 is 3.00 bits per heavy atom. The van der Waals surface area contributed by atoms with Crippen LogP contribution in [0.2, 0.25) is 0 Å². The van der Waals surface area contributed by atoms with Crippen LogP contribution in [0.15, 0.2) is 18.2 Å². The zero-order valence-electron chi connectivity index (χ0n) is 11.1. The van der Waals surface area contributed by atoms with Gasteiger partial charge in [0.2, 0.25) is 0 Å². The van der Waals surface area contributed by atoms with Crippen LogP contribution in [0.3, 0.4) is 0 Å². The summed E-state index contributed by atoms with van der Waals surface area (Å²) in [6.45, 7) is 1.16. The normalized spacial score (nSPS) is 33.2. The summed E-state index contributed by atoms with van der Waals surface area (Å²) < 4.78 is 0. The van der Waals surface area contributed by atoms with Crippen LogP contribution in [-0.2, 0) is 12.8 Å². The van der Waals surface area contributed by atoms with E-state index in [4.69, 9.17) is 0 Å².